The van der Waals surface area contributed by atoms with Gasteiger partial charge < -0.3 is 15.2 Å². The lowest BCUT2D eigenvalue weighted by Crippen LogP contribution is -2.46. The molecule has 0 bridgehead atoms. The fraction of sp³-hybridized carbons (Fsp3) is 0.333. The molecule has 1 heterocycles. The minimum Gasteiger partial charge on any atom is -0.450 e. The number of aliphatic hydroxyl groups is 1. The van der Waals surface area contributed by atoms with E-state index in [-0.39, 0.29) is 6.54 Å². The predicted octanol–water partition coefficient (Wildman–Crippen LogP) is 2.91. The van der Waals surface area contributed by atoms with Gasteiger partial charge in [-0.15, -0.1) is 0 Å². The number of esters is 1. The minimum atomic E-state index is -1.27. The van der Waals surface area contributed by atoms with Crippen molar-refractivity contribution in [3.63, 3.8) is 0 Å². The molecule has 2 N–H and O–H groups in total. The average Bonchev–Trinajstić information content (AvgIpc) is 3.05. The predicted molar refractivity (Wildman–Crippen MR) is 93.6 cm³/mol. The van der Waals surface area contributed by atoms with Crippen molar-refractivity contribution in [3.8, 4) is 11.1 Å². The van der Waals surface area contributed by atoms with E-state index in [9.17, 15) is 14.7 Å². The number of thiophene rings is 1. The van der Waals surface area contributed by atoms with E-state index in [2.05, 4.69) is 10.7 Å². The molecule has 0 unspecified atom stereocenters. The van der Waals surface area contributed by atoms with Gasteiger partial charge in [-0.2, -0.15) is 11.3 Å². The van der Waals surface area contributed by atoms with Gasteiger partial charge in [0.25, 0.3) is 5.91 Å². The molecule has 0 radical (unpaired) electrons. The van der Waals surface area contributed by atoms with Gasteiger partial charge in [0.1, 0.15) is 0 Å². The second-order valence-electron chi connectivity index (χ2n) is 5.96. The van der Waals surface area contributed by atoms with Gasteiger partial charge in [-0.3, -0.25) is 9.59 Å². The molecule has 2 rings (SSSR count). The maximum absolute atomic E-state index is 12.0. The summed E-state index contributed by atoms with van der Waals surface area (Å²) in [5, 5.41) is 16.9. The summed E-state index contributed by atoms with van der Waals surface area (Å²) in [5.74, 6) is -0.980. The van der Waals surface area contributed by atoms with Crippen LogP contribution in [0.1, 0.15) is 32.4 Å². The van der Waals surface area contributed by atoms with Gasteiger partial charge in [0, 0.05) is 13.5 Å². The Bertz CT molecular complexity index is 692. The average molecular weight is 347 g/mol. The summed E-state index contributed by atoms with van der Waals surface area (Å²) >= 11 is 1.63. The molecule has 0 saturated carbocycles. The lowest BCUT2D eigenvalue weighted by atomic mass is 10.0. The van der Waals surface area contributed by atoms with Crippen LogP contribution in [0.15, 0.2) is 41.1 Å². The summed E-state index contributed by atoms with van der Waals surface area (Å²) in [6.07, 6.45) is -0.835. The Morgan fingerprint density at radius 1 is 1.21 bits per heavy atom. The van der Waals surface area contributed by atoms with Crippen LogP contribution in [0.5, 0.6) is 0 Å². The zero-order valence-corrected chi connectivity index (χ0v) is 14.7. The number of benzene rings is 1. The first-order valence-corrected chi connectivity index (χ1v) is 8.52. The Balaban J connectivity index is 1.94. The molecule has 6 heteroatoms. The zero-order chi connectivity index (χ0) is 17.7. The van der Waals surface area contributed by atoms with Crippen molar-refractivity contribution < 1.29 is 19.4 Å². The van der Waals surface area contributed by atoms with Gasteiger partial charge in [-0.05, 0) is 47.4 Å². The second kappa shape index (κ2) is 7.59. The van der Waals surface area contributed by atoms with E-state index < -0.39 is 23.6 Å². The topological polar surface area (TPSA) is 75.6 Å². The standard InChI is InChI=1S/C18H21NO4S/c1-12(20)23-18(2,3)17(22)19-10-16(21)14-6-4-13(5-7-14)15-8-9-24-11-15/h4-9,11,16,21H,10H2,1-3H3,(H,19,22)/t16-/m0/s1. The zero-order valence-electron chi connectivity index (χ0n) is 13.9. The Hall–Kier alpha value is -2.18. The first kappa shape index (κ1) is 18.2. The third-order valence-electron chi connectivity index (χ3n) is 3.55. The number of amides is 1. The smallest absolute Gasteiger partial charge is 0.303 e. The molecule has 0 saturated heterocycles. The van der Waals surface area contributed by atoms with Crippen molar-refractivity contribution in [2.24, 2.45) is 0 Å². The Labute approximate surface area is 145 Å². The third kappa shape index (κ3) is 4.66. The highest BCUT2D eigenvalue weighted by atomic mass is 32.1. The fourth-order valence-electron chi connectivity index (χ4n) is 2.25. The maximum Gasteiger partial charge on any atom is 0.303 e. The normalized spacial score (nSPS) is 12.5. The van der Waals surface area contributed by atoms with Gasteiger partial charge in [0.2, 0.25) is 0 Å². The summed E-state index contributed by atoms with van der Waals surface area (Å²) in [5.41, 5.74) is 1.65. The number of carbonyl (C=O) groups excluding carboxylic acids is 2. The summed E-state index contributed by atoms with van der Waals surface area (Å²) < 4.78 is 4.96. The number of hydrogen-bond acceptors (Lipinski definition) is 5. The van der Waals surface area contributed by atoms with Crippen LogP contribution < -0.4 is 5.32 Å². The Morgan fingerprint density at radius 3 is 2.42 bits per heavy atom. The van der Waals surface area contributed by atoms with Crippen LogP contribution >= 0.6 is 11.3 Å². The maximum atomic E-state index is 12.0. The fourth-order valence-corrected chi connectivity index (χ4v) is 2.92. The van der Waals surface area contributed by atoms with Gasteiger partial charge in [-0.25, -0.2) is 0 Å². The molecule has 0 aliphatic rings. The molecule has 1 aromatic heterocycles. The van der Waals surface area contributed by atoms with E-state index in [0.29, 0.717) is 5.56 Å². The highest BCUT2D eigenvalue weighted by molar-refractivity contribution is 7.08. The lowest BCUT2D eigenvalue weighted by Gasteiger charge is -2.24. The number of rotatable bonds is 6. The van der Waals surface area contributed by atoms with E-state index in [4.69, 9.17) is 4.74 Å². The molecule has 128 valence electrons. The van der Waals surface area contributed by atoms with E-state index in [1.54, 1.807) is 11.3 Å². The first-order valence-electron chi connectivity index (χ1n) is 7.58. The Kier molecular flexibility index (Phi) is 5.75. The monoisotopic (exact) mass is 347 g/mol. The molecule has 0 fully saturated rings. The van der Waals surface area contributed by atoms with Crippen molar-refractivity contribution in [3.05, 3.63) is 46.7 Å². The second-order valence-corrected chi connectivity index (χ2v) is 6.74. The molecule has 1 atom stereocenters. The summed E-state index contributed by atoms with van der Waals surface area (Å²) in [6, 6.07) is 9.58. The van der Waals surface area contributed by atoms with Crippen LogP contribution in [0.4, 0.5) is 0 Å². The molecule has 0 aliphatic carbocycles. The Morgan fingerprint density at radius 2 is 1.88 bits per heavy atom. The largest absolute Gasteiger partial charge is 0.450 e. The molecule has 1 aromatic carbocycles. The third-order valence-corrected chi connectivity index (χ3v) is 4.23. The van der Waals surface area contributed by atoms with Crippen molar-refractivity contribution >= 4 is 23.2 Å². The first-order chi connectivity index (χ1) is 11.3. The number of hydrogen-bond donors (Lipinski definition) is 2. The van der Waals surface area contributed by atoms with Crippen LogP contribution in [-0.4, -0.2) is 29.1 Å². The van der Waals surface area contributed by atoms with Crippen molar-refractivity contribution in [2.75, 3.05) is 6.54 Å². The summed E-state index contributed by atoms with van der Waals surface area (Å²) in [4.78, 5) is 23.0. The van der Waals surface area contributed by atoms with Crippen LogP contribution in [0.2, 0.25) is 0 Å². The minimum absolute atomic E-state index is 0.0430. The quantitative estimate of drug-likeness (QED) is 0.788. The molecular weight excluding hydrogens is 326 g/mol. The molecule has 24 heavy (non-hydrogen) atoms. The molecule has 0 spiro atoms. The number of carbonyl (C=O) groups is 2. The number of ether oxygens (including phenoxy) is 1. The SMILES string of the molecule is CC(=O)OC(C)(C)C(=O)NC[C@H](O)c1ccc(-c2ccsc2)cc1. The van der Waals surface area contributed by atoms with Crippen LogP contribution in [0.3, 0.4) is 0 Å². The molecule has 5 nitrogen and oxygen atoms in total. The number of nitrogens with one attached hydrogen (secondary N) is 1. The van der Waals surface area contributed by atoms with Crippen LogP contribution in [0.25, 0.3) is 11.1 Å². The highest BCUT2D eigenvalue weighted by Gasteiger charge is 2.31. The molecule has 1 amide bonds. The highest BCUT2D eigenvalue weighted by Crippen LogP contribution is 2.24. The molecule has 0 aliphatic heterocycles. The van der Waals surface area contributed by atoms with E-state index >= 15 is 0 Å². The summed E-state index contributed by atoms with van der Waals surface area (Å²) in [7, 11) is 0. The van der Waals surface area contributed by atoms with Crippen LogP contribution in [0, 0.1) is 0 Å². The van der Waals surface area contributed by atoms with Crippen molar-refractivity contribution in [2.45, 2.75) is 32.5 Å². The van der Waals surface area contributed by atoms with Gasteiger partial charge in [-0.1, -0.05) is 24.3 Å². The van der Waals surface area contributed by atoms with E-state index in [1.807, 2.05) is 35.7 Å². The molecule has 2 aromatic rings. The molecular formula is C18H21NO4S. The van der Waals surface area contributed by atoms with E-state index in [0.717, 1.165) is 11.1 Å². The number of aliphatic hydroxyl groups excluding tert-OH is 1. The van der Waals surface area contributed by atoms with Crippen molar-refractivity contribution in [1.29, 1.82) is 0 Å². The van der Waals surface area contributed by atoms with E-state index in [1.165, 1.54) is 20.8 Å². The van der Waals surface area contributed by atoms with Gasteiger partial charge >= 0.3 is 5.97 Å². The summed E-state index contributed by atoms with van der Waals surface area (Å²) in [6.45, 7) is 4.30. The lowest BCUT2D eigenvalue weighted by molar-refractivity contribution is -0.163. The van der Waals surface area contributed by atoms with Gasteiger partial charge in [0.15, 0.2) is 5.60 Å². The van der Waals surface area contributed by atoms with Crippen molar-refractivity contribution in [1.82, 2.24) is 5.32 Å². The van der Waals surface area contributed by atoms with Gasteiger partial charge in [0.05, 0.1) is 6.10 Å². The van der Waals surface area contributed by atoms with Crippen LogP contribution in [-0.2, 0) is 14.3 Å².